The minimum atomic E-state index is -1.74. The SMILES string of the molecule is Cc1ccccc1N[C@H](NC(=O)c1cccc(Cl)c1)C(Cl)(Cl)Cl. The first-order chi connectivity index (χ1) is 10.8. The first-order valence-corrected chi connectivity index (χ1v) is 8.24. The molecule has 0 bridgehead atoms. The van der Waals surface area contributed by atoms with Gasteiger partial charge in [0.25, 0.3) is 5.91 Å². The minimum Gasteiger partial charge on any atom is -0.362 e. The van der Waals surface area contributed by atoms with Gasteiger partial charge in [-0.15, -0.1) is 0 Å². The Morgan fingerprint density at radius 1 is 1.09 bits per heavy atom. The van der Waals surface area contributed by atoms with Crippen molar-refractivity contribution in [3.63, 3.8) is 0 Å². The molecule has 0 aliphatic heterocycles. The van der Waals surface area contributed by atoms with Crippen LogP contribution in [0.25, 0.3) is 0 Å². The van der Waals surface area contributed by atoms with Gasteiger partial charge in [0, 0.05) is 16.3 Å². The van der Waals surface area contributed by atoms with Gasteiger partial charge >= 0.3 is 0 Å². The van der Waals surface area contributed by atoms with Gasteiger partial charge in [0.2, 0.25) is 3.79 Å². The molecule has 0 aliphatic rings. The Bertz CT molecular complexity index is 700. The summed E-state index contributed by atoms with van der Waals surface area (Å²) in [5, 5.41) is 6.17. The number of carbonyl (C=O) groups excluding carboxylic acids is 1. The van der Waals surface area contributed by atoms with E-state index in [1.807, 2.05) is 31.2 Å². The van der Waals surface area contributed by atoms with Crippen LogP contribution in [0.4, 0.5) is 5.69 Å². The van der Waals surface area contributed by atoms with E-state index in [4.69, 9.17) is 46.4 Å². The molecular formula is C16H14Cl4N2O. The van der Waals surface area contributed by atoms with Gasteiger partial charge in [-0.1, -0.05) is 70.7 Å². The quantitative estimate of drug-likeness (QED) is 0.556. The van der Waals surface area contributed by atoms with E-state index in [0.29, 0.717) is 10.6 Å². The predicted molar refractivity (Wildman–Crippen MR) is 97.8 cm³/mol. The summed E-state index contributed by atoms with van der Waals surface area (Å²) < 4.78 is -1.74. The number of halogens is 4. The topological polar surface area (TPSA) is 41.1 Å². The maximum absolute atomic E-state index is 12.3. The van der Waals surface area contributed by atoms with Crippen molar-refractivity contribution in [2.75, 3.05) is 5.32 Å². The lowest BCUT2D eigenvalue weighted by atomic mass is 10.2. The third kappa shape index (κ3) is 5.18. The summed E-state index contributed by atoms with van der Waals surface area (Å²) >= 11 is 23.9. The van der Waals surface area contributed by atoms with E-state index in [2.05, 4.69) is 10.6 Å². The van der Waals surface area contributed by atoms with Crippen LogP contribution >= 0.6 is 46.4 Å². The lowest BCUT2D eigenvalue weighted by molar-refractivity contribution is 0.0942. The number of nitrogens with one attached hydrogen (secondary N) is 2. The van der Waals surface area contributed by atoms with Crippen molar-refractivity contribution in [1.82, 2.24) is 5.32 Å². The van der Waals surface area contributed by atoms with Gasteiger partial charge in [-0.3, -0.25) is 4.79 Å². The van der Waals surface area contributed by atoms with Crippen LogP contribution in [0.15, 0.2) is 48.5 Å². The molecule has 1 amide bonds. The van der Waals surface area contributed by atoms with Crippen molar-refractivity contribution in [3.05, 3.63) is 64.7 Å². The molecule has 0 radical (unpaired) electrons. The first-order valence-electron chi connectivity index (χ1n) is 6.72. The Labute approximate surface area is 154 Å². The highest BCUT2D eigenvalue weighted by atomic mass is 35.6. The van der Waals surface area contributed by atoms with Crippen molar-refractivity contribution in [2.24, 2.45) is 0 Å². The second-order valence-corrected chi connectivity index (χ2v) is 7.72. The van der Waals surface area contributed by atoms with Crippen LogP contribution in [0.5, 0.6) is 0 Å². The number of hydrogen-bond acceptors (Lipinski definition) is 2. The van der Waals surface area contributed by atoms with Crippen LogP contribution < -0.4 is 10.6 Å². The molecule has 2 N–H and O–H groups in total. The molecule has 0 aliphatic carbocycles. The number of rotatable bonds is 4. The van der Waals surface area contributed by atoms with Gasteiger partial charge in [-0.25, -0.2) is 0 Å². The van der Waals surface area contributed by atoms with Crippen LogP contribution in [0.1, 0.15) is 15.9 Å². The van der Waals surface area contributed by atoms with Crippen molar-refractivity contribution in [3.8, 4) is 0 Å². The number of benzene rings is 2. The predicted octanol–water partition coefficient (Wildman–Crippen LogP) is 5.19. The first kappa shape index (κ1) is 18.2. The minimum absolute atomic E-state index is 0.378. The number of anilines is 1. The van der Waals surface area contributed by atoms with Crippen molar-refractivity contribution >= 4 is 58.0 Å². The van der Waals surface area contributed by atoms with Crippen molar-refractivity contribution < 1.29 is 4.79 Å². The Morgan fingerprint density at radius 2 is 1.78 bits per heavy atom. The van der Waals surface area contributed by atoms with Crippen molar-refractivity contribution in [1.29, 1.82) is 0 Å². The molecule has 2 rings (SSSR count). The van der Waals surface area contributed by atoms with Crippen LogP contribution in [0.2, 0.25) is 5.02 Å². The Balaban J connectivity index is 2.20. The monoisotopic (exact) mass is 390 g/mol. The fourth-order valence-electron chi connectivity index (χ4n) is 1.93. The highest BCUT2D eigenvalue weighted by Crippen LogP contribution is 2.32. The zero-order valence-electron chi connectivity index (χ0n) is 12.1. The van der Waals surface area contributed by atoms with E-state index in [9.17, 15) is 4.79 Å². The van der Waals surface area contributed by atoms with E-state index in [-0.39, 0.29) is 0 Å². The standard InChI is InChI=1S/C16H14Cl4N2O/c1-10-5-2-3-8-13(10)21-15(16(18,19)20)22-14(23)11-6-4-7-12(17)9-11/h2-9,15,21H,1H3,(H,22,23)/t15-/m1/s1. The highest BCUT2D eigenvalue weighted by molar-refractivity contribution is 6.68. The second kappa shape index (κ2) is 7.63. The molecule has 3 nitrogen and oxygen atoms in total. The number of para-hydroxylation sites is 1. The number of hydrogen-bond donors (Lipinski definition) is 2. The van der Waals surface area contributed by atoms with E-state index < -0.39 is 15.9 Å². The zero-order valence-corrected chi connectivity index (χ0v) is 15.1. The molecule has 2 aromatic carbocycles. The van der Waals surface area contributed by atoms with Crippen LogP contribution in [-0.4, -0.2) is 15.9 Å². The van der Waals surface area contributed by atoms with E-state index in [1.165, 1.54) is 0 Å². The van der Waals surface area contributed by atoms with Gasteiger partial charge in [-0.05, 0) is 36.8 Å². The van der Waals surface area contributed by atoms with E-state index in [1.54, 1.807) is 24.3 Å². The molecule has 0 heterocycles. The maximum atomic E-state index is 12.3. The van der Waals surface area contributed by atoms with Crippen LogP contribution in [0.3, 0.4) is 0 Å². The van der Waals surface area contributed by atoms with E-state index >= 15 is 0 Å². The third-order valence-electron chi connectivity index (χ3n) is 3.13. The van der Waals surface area contributed by atoms with Crippen LogP contribution in [-0.2, 0) is 0 Å². The largest absolute Gasteiger partial charge is 0.362 e. The average molecular weight is 392 g/mol. The number of amides is 1. The molecular weight excluding hydrogens is 378 g/mol. The van der Waals surface area contributed by atoms with Gasteiger partial charge < -0.3 is 10.6 Å². The maximum Gasteiger partial charge on any atom is 0.253 e. The summed E-state index contributed by atoms with van der Waals surface area (Å²) in [4.78, 5) is 12.3. The van der Waals surface area contributed by atoms with Crippen molar-refractivity contribution in [2.45, 2.75) is 16.9 Å². The summed E-state index contributed by atoms with van der Waals surface area (Å²) in [7, 11) is 0. The summed E-state index contributed by atoms with van der Waals surface area (Å²) in [6.07, 6.45) is -0.917. The van der Waals surface area contributed by atoms with Gasteiger partial charge in [0.05, 0.1) is 0 Å². The Kier molecular flexibility index (Phi) is 6.04. The lowest BCUT2D eigenvalue weighted by Gasteiger charge is -2.28. The molecule has 0 fully saturated rings. The molecule has 0 aromatic heterocycles. The highest BCUT2D eigenvalue weighted by Gasteiger charge is 2.34. The van der Waals surface area contributed by atoms with Gasteiger partial charge in [0.1, 0.15) is 6.17 Å². The molecule has 2 aromatic rings. The molecule has 122 valence electrons. The zero-order chi connectivity index (χ0) is 17.0. The molecule has 0 spiro atoms. The fourth-order valence-corrected chi connectivity index (χ4v) is 2.45. The molecule has 1 atom stereocenters. The average Bonchev–Trinajstić information content (AvgIpc) is 2.47. The number of carbonyl (C=O) groups is 1. The van der Waals surface area contributed by atoms with Gasteiger partial charge in [-0.2, -0.15) is 0 Å². The summed E-state index contributed by atoms with van der Waals surface area (Å²) in [6.45, 7) is 1.91. The smallest absolute Gasteiger partial charge is 0.253 e. The molecule has 23 heavy (non-hydrogen) atoms. The van der Waals surface area contributed by atoms with E-state index in [0.717, 1.165) is 11.3 Å². The van der Waals surface area contributed by atoms with Gasteiger partial charge in [0.15, 0.2) is 0 Å². The molecule has 0 unspecified atom stereocenters. The fraction of sp³-hybridized carbons (Fsp3) is 0.188. The molecule has 0 saturated carbocycles. The Morgan fingerprint density at radius 3 is 2.39 bits per heavy atom. The molecule has 0 saturated heterocycles. The Hall–Kier alpha value is -1.13. The summed E-state index contributed by atoms with van der Waals surface area (Å²) in [6, 6.07) is 14.0. The number of alkyl halides is 3. The second-order valence-electron chi connectivity index (χ2n) is 4.92. The molecule has 7 heteroatoms. The summed E-state index contributed by atoms with van der Waals surface area (Å²) in [5.41, 5.74) is 2.10. The lowest BCUT2D eigenvalue weighted by Crippen LogP contribution is -2.49. The number of aryl methyl sites for hydroxylation is 1. The van der Waals surface area contributed by atoms with Crippen LogP contribution in [0, 0.1) is 6.92 Å². The third-order valence-corrected chi connectivity index (χ3v) is 4.02. The summed E-state index contributed by atoms with van der Waals surface area (Å²) in [5.74, 6) is -0.398. The normalized spacial score (nSPS) is 12.6.